The topological polar surface area (TPSA) is 61.2 Å². The van der Waals surface area contributed by atoms with E-state index >= 15 is 0 Å². The summed E-state index contributed by atoms with van der Waals surface area (Å²) in [5.41, 5.74) is -0.287. The molecular weight excluding hydrogens is 268 g/mol. The zero-order valence-corrected chi connectivity index (χ0v) is 11.6. The largest absolute Gasteiger partial charge is 0.466 e. The predicted octanol–water partition coefficient (Wildman–Crippen LogP) is 2.19. The maximum atomic E-state index is 12.0. The summed E-state index contributed by atoms with van der Waals surface area (Å²) in [5, 5.41) is -0.0238. The van der Waals surface area contributed by atoms with E-state index in [1.165, 1.54) is 6.20 Å². The minimum atomic E-state index is -0.287. The van der Waals surface area contributed by atoms with Gasteiger partial charge < -0.3 is 9.30 Å². The molecule has 0 amide bonds. The summed E-state index contributed by atoms with van der Waals surface area (Å²) < 4.78 is 6.58. The zero-order chi connectivity index (χ0) is 13.8. The number of ether oxygens (including phenoxy) is 1. The third-order valence-electron chi connectivity index (χ3n) is 3.54. The van der Waals surface area contributed by atoms with Crippen LogP contribution in [0.15, 0.2) is 17.2 Å². The van der Waals surface area contributed by atoms with Crippen molar-refractivity contribution in [3.8, 4) is 0 Å². The van der Waals surface area contributed by atoms with E-state index in [4.69, 9.17) is 16.3 Å². The summed E-state index contributed by atoms with van der Waals surface area (Å²) in [6.07, 6.45) is 6.32. The number of aromatic nitrogens is 2. The molecule has 6 heteroatoms. The van der Waals surface area contributed by atoms with Crippen LogP contribution in [0.1, 0.15) is 38.6 Å². The van der Waals surface area contributed by atoms with Gasteiger partial charge in [-0.3, -0.25) is 9.59 Å². The smallest absolute Gasteiger partial charge is 0.306 e. The number of rotatable bonds is 4. The maximum absolute atomic E-state index is 12.0. The Kier molecular flexibility index (Phi) is 4.58. The van der Waals surface area contributed by atoms with Gasteiger partial charge in [-0.1, -0.05) is 18.0 Å². The van der Waals surface area contributed by atoms with Crippen LogP contribution >= 0.6 is 11.6 Å². The number of carbonyl (C=O) groups is 1. The van der Waals surface area contributed by atoms with Gasteiger partial charge in [0.15, 0.2) is 5.15 Å². The van der Waals surface area contributed by atoms with Gasteiger partial charge in [-0.25, -0.2) is 4.98 Å². The van der Waals surface area contributed by atoms with E-state index in [-0.39, 0.29) is 28.6 Å². The molecule has 1 fully saturated rings. The van der Waals surface area contributed by atoms with E-state index in [0.29, 0.717) is 13.0 Å². The van der Waals surface area contributed by atoms with Gasteiger partial charge in [0.1, 0.15) is 0 Å². The van der Waals surface area contributed by atoms with Gasteiger partial charge in [0.25, 0.3) is 5.56 Å². The molecular formula is C13H17ClN2O3. The van der Waals surface area contributed by atoms with Crippen molar-refractivity contribution in [2.24, 2.45) is 5.92 Å². The monoisotopic (exact) mass is 284 g/mol. The molecule has 0 N–H and O–H groups in total. The molecule has 0 aromatic carbocycles. The molecule has 104 valence electrons. The van der Waals surface area contributed by atoms with E-state index in [1.807, 2.05) is 0 Å². The summed E-state index contributed by atoms with van der Waals surface area (Å²) in [5.74, 6) is -0.0668. The molecule has 0 bridgehead atoms. The summed E-state index contributed by atoms with van der Waals surface area (Å²) in [6.45, 7) is 2.18. The van der Waals surface area contributed by atoms with Crippen molar-refractivity contribution in [3.05, 3.63) is 27.9 Å². The van der Waals surface area contributed by atoms with E-state index in [1.54, 1.807) is 17.7 Å². The van der Waals surface area contributed by atoms with E-state index < -0.39 is 0 Å². The standard InChI is InChI=1S/C13H17ClN2O3/c1-2-19-11(17)8-9-4-3-5-10(9)16-7-6-15-12(14)13(16)18/h6-7,9-10H,2-5,8H2,1H3. The molecule has 2 rings (SSSR count). The molecule has 0 saturated heterocycles. The Hall–Kier alpha value is -1.36. The van der Waals surface area contributed by atoms with Gasteiger partial charge in [0.2, 0.25) is 0 Å². The second-order valence-electron chi connectivity index (χ2n) is 4.70. The van der Waals surface area contributed by atoms with Gasteiger partial charge in [-0.15, -0.1) is 0 Å². The second kappa shape index (κ2) is 6.19. The predicted molar refractivity (Wildman–Crippen MR) is 71.1 cm³/mol. The molecule has 1 aromatic rings. The molecule has 1 heterocycles. The third kappa shape index (κ3) is 3.15. The van der Waals surface area contributed by atoms with Gasteiger partial charge in [-0.2, -0.15) is 0 Å². The molecule has 1 aromatic heterocycles. The minimum absolute atomic E-state index is 0.0115. The first kappa shape index (κ1) is 14.1. The van der Waals surface area contributed by atoms with Crippen LogP contribution < -0.4 is 5.56 Å². The lowest BCUT2D eigenvalue weighted by Crippen LogP contribution is -2.28. The Morgan fingerprint density at radius 2 is 2.37 bits per heavy atom. The van der Waals surface area contributed by atoms with Crippen molar-refractivity contribution in [3.63, 3.8) is 0 Å². The highest BCUT2D eigenvalue weighted by Crippen LogP contribution is 2.37. The molecule has 2 unspecified atom stereocenters. The van der Waals surface area contributed by atoms with Crippen molar-refractivity contribution in [1.29, 1.82) is 0 Å². The first-order valence-corrected chi connectivity index (χ1v) is 6.89. The number of esters is 1. The van der Waals surface area contributed by atoms with Crippen molar-refractivity contribution in [2.75, 3.05) is 6.61 Å². The van der Waals surface area contributed by atoms with Crippen LogP contribution in [0.5, 0.6) is 0 Å². The Bertz CT molecular complexity index is 515. The van der Waals surface area contributed by atoms with Crippen LogP contribution in [0.2, 0.25) is 5.15 Å². The minimum Gasteiger partial charge on any atom is -0.466 e. The van der Waals surface area contributed by atoms with Crippen molar-refractivity contribution >= 4 is 17.6 Å². The van der Waals surface area contributed by atoms with E-state index in [9.17, 15) is 9.59 Å². The Balaban J connectivity index is 2.16. The SMILES string of the molecule is CCOC(=O)CC1CCCC1n1ccnc(Cl)c1=O. The number of nitrogens with zero attached hydrogens (tertiary/aromatic N) is 2. The summed E-state index contributed by atoms with van der Waals surface area (Å²) in [6, 6.07) is 0.0115. The Labute approximate surface area is 116 Å². The Morgan fingerprint density at radius 1 is 1.58 bits per heavy atom. The van der Waals surface area contributed by atoms with Crippen LogP contribution in [-0.4, -0.2) is 22.1 Å². The van der Waals surface area contributed by atoms with Gasteiger partial charge in [0.05, 0.1) is 13.0 Å². The summed E-state index contributed by atoms with van der Waals surface area (Å²) >= 11 is 5.76. The number of halogens is 1. The van der Waals surface area contributed by atoms with E-state index in [0.717, 1.165) is 19.3 Å². The average molecular weight is 285 g/mol. The summed E-state index contributed by atoms with van der Waals surface area (Å²) in [7, 11) is 0. The molecule has 1 saturated carbocycles. The lowest BCUT2D eigenvalue weighted by molar-refractivity contribution is -0.144. The lowest BCUT2D eigenvalue weighted by Gasteiger charge is -2.21. The number of hydrogen-bond donors (Lipinski definition) is 0. The summed E-state index contributed by atoms with van der Waals surface area (Å²) in [4.78, 5) is 27.3. The second-order valence-corrected chi connectivity index (χ2v) is 5.06. The van der Waals surface area contributed by atoms with Crippen molar-refractivity contribution in [1.82, 2.24) is 9.55 Å². The highest BCUT2D eigenvalue weighted by molar-refractivity contribution is 6.29. The highest BCUT2D eigenvalue weighted by Gasteiger charge is 2.31. The first-order chi connectivity index (χ1) is 9.13. The zero-order valence-electron chi connectivity index (χ0n) is 10.8. The fraction of sp³-hybridized carbons (Fsp3) is 0.615. The van der Waals surface area contributed by atoms with Crippen LogP contribution in [0.3, 0.4) is 0 Å². The van der Waals surface area contributed by atoms with E-state index in [2.05, 4.69) is 4.98 Å². The fourth-order valence-electron chi connectivity index (χ4n) is 2.72. The average Bonchev–Trinajstić information content (AvgIpc) is 2.81. The molecule has 0 radical (unpaired) electrons. The number of hydrogen-bond acceptors (Lipinski definition) is 4. The number of carbonyl (C=O) groups excluding carboxylic acids is 1. The lowest BCUT2D eigenvalue weighted by atomic mass is 9.99. The molecule has 1 aliphatic rings. The molecule has 0 aliphatic heterocycles. The third-order valence-corrected chi connectivity index (χ3v) is 3.80. The van der Waals surface area contributed by atoms with Gasteiger partial charge >= 0.3 is 5.97 Å². The molecule has 2 atom stereocenters. The normalized spacial score (nSPS) is 22.4. The first-order valence-electron chi connectivity index (χ1n) is 6.51. The highest BCUT2D eigenvalue weighted by atomic mass is 35.5. The van der Waals surface area contributed by atoms with Crippen LogP contribution in [0.4, 0.5) is 0 Å². The van der Waals surface area contributed by atoms with Crippen LogP contribution in [0.25, 0.3) is 0 Å². The van der Waals surface area contributed by atoms with Gasteiger partial charge in [-0.05, 0) is 25.7 Å². The quantitative estimate of drug-likeness (QED) is 0.795. The molecule has 19 heavy (non-hydrogen) atoms. The Morgan fingerprint density at radius 3 is 3.11 bits per heavy atom. The molecule has 5 nitrogen and oxygen atoms in total. The van der Waals surface area contributed by atoms with Crippen LogP contribution in [0, 0.1) is 5.92 Å². The fourth-order valence-corrected chi connectivity index (χ4v) is 2.87. The molecule has 1 aliphatic carbocycles. The van der Waals surface area contributed by atoms with Gasteiger partial charge in [0, 0.05) is 18.4 Å². The van der Waals surface area contributed by atoms with Crippen molar-refractivity contribution in [2.45, 2.75) is 38.6 Å². The van der Waals surface area contributed by atoms with Crippen LogP contribution in [-0.2, 0) is 9.53 Å². The maximum Gasteiger partial charge on any atom is 0.306 e. The van der Waals surface area contributed by atoms with Crippen molar-refractivity contribution < 1.29 is 9.53 Å². The molecule has 0 spiro atoms.